The number of nitrogens with one attached hydrogen (secondary N) is 2. The number of rotatable bonds is 4. The summed E-state index contributed by atoms with van der Waals surface area (Å²) in [6, 6.07) is 3.61. The van der Waals surface area contributed by atoms with E-state index in [1.165, 1.54) is 0 Å². The third kappa shape index (κ3) is 3.27. The molecule has 0 amide bonds. The highest BCUT2D eigenvalue weighted by molar-refractivity contribution is 6.29. The van der Waals surface area contributed by atoms with Crippen LogP contribution in [0.1, 0.15) is 17.2 Å². The summed E-state index contributed by atoms with van der Waals surface area (Å²) in [6.07, 6.45) is 1.64. The van der Waals surface area contributed by atoms with Gasteiger partial charge in [0, 0.05) is 13.2 Å². The van der Waals surface area contributed by atoms with Gasteiger partial charge in [0.1, 0.15) is 11.0 Å². The first-order chi connectivity index (χ1) is 9.10. The average Bonchev–Trinajstić information content (AvgIpc) is 2.71. The molecule has 19 heavy (non-hydrogen) atoms. The second-order valence-electron chi connectivity index (χ2n) is 3.76. The summed E-state index contributed by atoms with van der Waals surface area (Å²) in [5.41, 5.74) is 3.37. The molecule has 0 spiro atoms. The van der Waals surface area contributed by atoms with Gasteiger partial charge in [-0.1, -0.05) is 11.6 Å². The predicted octanol–water partition coefficient (Wildman–Crippen LogP) is 1.16. The van der Waals surface area contributed by atoms with E-state index in [4.69, 9.17) is 21.8 Å². The first-order valence-corrected chi connectivity index (χ1v) is 5.92. The fourth-order valence-corrected chi connectivity index (χ4v) is 1.72. The predicted molar refractivity (Wildman–Crippen MR) is 70.1 cm³/mol. The highest BCUT2D eigenvalue weighted by Crippen LogP contribution is 2.09. The lowest BCUT2D eigenvalue weighted by Gasteiger charge is -2.03. The van der Waals surface area contributed by atoms with E-state index >= 15 is 0 Å². The zero-order valence-electron chi connectivity index (χ0n) is 10.5. The molecule has 0 aromatic carbocycles. The molecule has 0 saturated heterocycles. The van der Waals surface area contributed by atoms with Crippen LogP contribution in [0, 0.1) is 12.3 Å². The van der Waals surface area contributed by atoms with Crippen molar-refractivity contribution in [2.45, 2.75) is 13.5 Å². The van der Waals surface area contributed by atoms with Gasteiger partial charge in [-0.25, -0.2) is 14.6 Å². The Morgan fingerprint density at radius 3 is 3.05 bits per heavy atom. The molecule has 8 heteroatoms. The summed E-state index contributed by atoms with van der Waals surface area (Å²) < 4.78 is 1.68. The summed E-state index contributed by atoms with van der Waals surface area (Å²) in [5, 5.41) is 12.2. The fourth-order valence-electron chi connectivity index (χ4n) is 1.53. The molecule has 0 aliphatic rings. The Bertz CT molecular complexity index is 597. The highest BCUT2D eigenvalue weighted by atomic mass is 35.5. The highest BCUT2D eigenvalue weighted by Gasteiger charge is 2.12. The number of pyridine rings is 1. The topological polar surface area (TPSA) is 88.7 Å². The first kappa shape index (κ1) is 13.4. The molecule has 2 heterocycles. The molecule has 2 aromatic rings. The van der Waals surface area contributed by atoms with E-state index in [0.717, 1.165) is 5.56 Å². The molecule has 0 atom stereocenters. The van der Waals surface area contributed by atoms with Gasteiger partial charge >= 0.3 is 0 Å². The van der Waals surface area contributed by atoms with Crippen molar-refractivity contribution in [1.82, 2.24) is 25.2 Å². The number of aromatic nitrogens is 4. The lowest BCUT2D eigenvalue weighted by Crippen LogP contribution is -2.17. The molecule has 0 aliphatic heterocycles. The van der Waals surface area contributed by atoms with Gasteiger partial charge in [-0.05, 0) is 24.6 Å². The number of nitrogens with zero attached hydrogens (tertiary/aromatic N) is 4. The largest absolute Gasteiger partial charge is 0.385 e. The maximum atomic E-state index is 7.60. The zero-order chi connectivity index (χ0) is 13.8. The van der Waals surface area contributed by atoms with Crippen molar-refractivity contribution >= 4 is 17.5 Å². The molecule has 2 N–H and O–H groups in total. The Labute approximate surface area is 115 Å². The molecule has 0 aliphatic carbocycles. The van der Waals surface area contributed by atoms with E-state index in [1.807, 2.05) is 13.0 Å². The smallest absolute Gasteiger partial charge is 0.277 e. The summed E-state index contributed by atoms with van der Waals surface area (Å²) >= 11 is 5.83. The Balaban J connectivity index is 2.19. The second kappa shape index (κ2) is 5.77. The van der Waals surface area contributed by atoms with Crippen LogP contribution in [0.5, 0.6) is 0 Å². The van der Waals surface area contributed by atoms with Gasteiger partial charge < -0.3 is 4.84 Å². The maximum Gasteiger partial charge on any atom is 0.277 e. The lowest BCUT2D eigenvalue weighted by molar-refractivity contribution is 0.206. The minimum absolute atomic E-state index is 0.128. The van der Waals surface area contributed by atoms with Crippen molar-refractivity contribution in [3.05, 3.63) is 40.7 Å². The SMILES string of the molecule is CNOC(=N)c1nc(C)n(Cc2ccnc(Cl)c2)n1. The van der Waals surface area contributed by atoms with E-state index in [-0.39, 0.29) is 11.7 Å². The van der Waals surface area contributed by atoms with Crippen molar-refractivity contribution in [3.63, 3.8) is 0 Å². The van der Waals surface area contributed by atoms with Crippen LogP contribution in [0.25, 0.3) is 0 Å². The van der Waals surface area contributed by atoms with Gasteiger partial charge in [-0.15, -0.1) is 5.10 Å². The Morgan fingerprint density at radius 1 is 1.58 bits per heavy atom. The van der Waals surface area contributed by atoms with Crippen LogP contribution in [-0.2, 0) is 11.4 Å². The van der Waals surface area contributed by atoms with Crippen LogP contribution in [-0.4, -0.2) is 32.7 Å². The monoisotopic (exact) mass is 280 g/mol. The quantitative estimate of drug-likeness (QED) is 0.380. The van der Waals surface area contributed by atoms with Crippen LogP contribution >= 0.6 is 11.6 Å². The van der Waals surface area contributed by atoms with Gasteiger partial charge in [-0.3, -0.25) is 5.41 Å². The summed E-state index contributed by atoms with van der Waals surface area (Å²) in [7, 11) is 1.57. The normalized spacial score (nSPS) is 10.5. The van der Waals surface area contributed by atoms with Crippen molar-refractivity contribution in [3.8, 4) is 0 Å². The zero-order valence-corrected chi connectivity index (χ0v) is 11.3. The van der Waals surface area contributed by atoms with Crippen LogP contribution < -0.4 is 5.48 Å². The molecule has 0 bridgehead atoms. The van der Waals surface area contributed by atoms with Crippen molar-refractivity contribution < 1.29 is 4.84 Å². The Morgan fingerprint density at radius 2 is 2.37 bits per heavy atom. The standard InChI is InChI=1S/C11H13ClN6O/c1-7-16-11(10(13)19-14-2)17-18(7)6-8-3-4-15-9(12)5-8/h3-5,13-14H,6H2,1-2H3. The van der Waals surface area contributed by atoms with Crippen LogP contribution in [0.3, 0.4) is 0 Å². The molecule has 2 aromatic heterocycles. The maximum absolute atomic E-state index is 7.60. The van der Waals surface area contributed by atoms with Gasteiger partial charge in [0.05, 0.1) is 6.54 Å². The molecular weight excluding hydrogens is 268 g/mol. The summed E-state index contributed by atoms with van der Waals surface area (Å²) in [4.78, 5) is 12.9. The average molecular weight is 281 g/mol. The van der Waals surface area contributed by atoms with Crippen LogP contribution in [0.2, 0.25) is 5.15 Å². The summed E-state index contributed by atoms with van der Waals surface area (Å²) in [6.45, 7) is 2.32. The van der Waals surface area contributed by atoms with Crippen molar-refractivity contribution in [2.24, 2.45) is 0 Å². The third-order valence-corrected chi connectivity index (χ3v) is 2.59. The minimum atomic E-state index is -0.128. The van der Waals surface area contributed by atoms with Gasteiger partial charge in [-0.2, -0.15) is 5.48 Å². The molecular formula is C11H13ClN6O. The number of aryl methyl sites for hydroxylation is 1. The van der Waals surface area contributed by atoms with Crippen molar-refractivity contribution in [2.75, 3.05) is 7.05 Å². The summed E-state index contributed by atoms with van der Waals surface area (Å²) in [5.74, 6) is 0.788. The van der Waals surface area contributed by atoms with E-state index in [9.17, 15) is 0 Å². The molecule has 7 nitrogen and oxygen atoms in total. The van der Waals surface area contributed by atoms with E-state index in [1.54, 1.807) is 24.0 Å². The number of halogens is 1. The molecule has 2 rings (SSSR count). The Hall–Kier alpha value is -1.99. The Kier molecular flexibility index (Phi) is 4.08. The van der Waals surface area contributed by atoms with Gasteiger partial charge in [0.15, 0.2) is 0 Å². The number of hydroxylamine groups is 1. The molecule has 0 fully saturated rings. The number of hydrogen-bond donors (Lipinski definition) is 2. The van der Waals surface area contributed by atoms with Crippen LogP contribution in [0.15, 0.2) is 18.3 Å². The molecule has 0 saturated carbocycles. The van der Waals surface area contributed by atoms with E-state index in [2.05, 4.69) is 20.5 Å². The molecule has 0 unspecified atom stereocenters. The van der Waals surface area contributed by atoms with Crippen molar-refractivity contribution in [1.29, 1.82) is 5.41 Å². The van der Waals surface area contributed by atoms with E-state index < -0.39 is 0 Å². The van der Waals surface area contributed by atoms with E-state index in [0.29, 0.717) is 17.5 Å². The fraction of sp³-hybridized carbons (Fsp3) is 0.273. The van der Waals surface area contributed by atoms with Gasteiger partial charge in [0.2, 0.25) is 5.82 Å². The second-order valence-corrected chi connectivity index (χ2v) is 4.15. The van der Waals surface area contributed by atoms with Crippen LogP contribution in [0.4, 0.5) is 0 Å². The van der Waals surface area contributed by atoms with Gasteiger partial charge in [0.25, 0.3) is 5.90 Å². The third-order valence-electron chi connectivity index (χ3n) is 2.39. The first-order valence-electron chi connectivity index (χ1n) is 5.54. The minimum Gasteiger partial charge on any atom is -0.385 e. The molecule has 0 radical (unpaired) electrons. The number of hydrogen-bond acceptors (Lipinski definition) is 6. The molecule has 100 valence electrons. The lowest BCUT2D eigenvalue weighted by atomic mass is 10.3.